The molecule has 0 bridgehead atoms. The predicted molar refractivity (Wildman–Crippen MR) is 51.4 cm³/mol. The highest BCUT2D eigenvalue weighted by atomic mass is 16.5. The maximum atomic E-state index is 5.14. The standard InChI is InChI=1S/C10H15NO2/c1-7(2)8-5-9(12-3)10(13-4)11-6-8/h5-7H,1-4H3. The lowest BCUT2D eigenvalue weighted by Gasteiger charge is -2.09. The van der Waals surface area contributed by atoms with Gasteiger partial charge in [-0.2, -0.15) is 0 Å². The molecule has 3 heteroatoms. The Labute approximate surface area is 78.7 Å². The second kappa shape index (κ2) is 4.12. The largest absolute Gasteiger partial charge is 0.491 e. The van der Waals surface area contributed by atoms with Crippen molar-refractivity contribution in [1.82, 2.24) is 4.98 Å². The van der Waals surface area contributed by atoms with Gasteiger partial charge < -0.3 is 9.47 Å². The first-order chi connectivity index (χ1) is 6.19. The van der Waals surface area contributed by atoms with E-state index < -0.39 is 0 Å². The van der Waals surface area contributed by atoms with E-state index in [0.717, 1.165) is 5.56 Å². The van der Waals surface area contributed by atoms with Crippen molar-refractivity contribution in [3.05, 3.63) is 17.8 Å². The normalized spacial score (nSPS) is 10.2. The highest BCUT2D eigenvalue weighted by molar-refractivity contribution is 5.37. The van der Waals surface area contributed by atoms with Gasteiger partial charge in [-0.3, -0.25) is 0 Å². The van der Waals surface area contributed by atoms with Crippen molar-refractivity contribution in [2.45, 2.75) is 19.8 Å². The van der Waals surface area contributed by atoms with E-state index in [1.54, 1.807) is 14.2 Å². The quantitative estimate of drug-likeness (QED) is 0.716. The minimum absolute atomic E-state index is 0.451. The van der Waals surface area contributed by atoms with Crippen LogP contribution >= 0.6 is 0 Å². The minimum atomic E-state index is 0.451. The first-order valence-corrected chi connectivity index (χ1v) is 4.27. The molecule has 0 saturated carbocycles. The van der Waals surface area contributed by atoms with Gasteiger partial charge in [0.25, 0.3) is 5.88 Å². The summed E-state index contributed by atoms with van der Waals surface area (Å²) in [7, 11) is 3.20. The van der Waals surface area contributed by atoms with E-state index in [-0.39, 0.29) is 0 Å². The molecule has 1 rings (SSSR count). The number of aromatic nitrogens is 1. The molecule has 0 aliphatic rings. The Morgan fingerprint density at radius 2 is 1.92 bits per heavy atom. The molecule has 1 heterocycles. The average Bonchev–Trinajstić information content (AvgIpc) is 2.16. The summed E-state index contributed by atoms with van der Waals surface area (Å²) in [6, 6.07) is 1.95. The summed E-state index contributed by atoms with van der Waals surface area (Å²) >= 11 is 0. The van der Waals surface area contributed by atoms with Crippen molar-refractivity contribution in [3.8, 4) is 11.6 Å². The van der Waals surface area contributed by atoms with Gasteiger partial charge in [-0.1, -0.05) is 13.8 Å². The zero-order chi connectivity index (χ0) is 9.84. The summed E-state index contributed by atoms with van der Waals surface area (Å²) in [4.78, 5) is 4.14. The van der Waals surface area contributed by atoms with Crippen LogP contribution in [0.5, 0.6) is 11.6 Å². The van der Waals surface area contributed by atoms with Gasteiger partial charge in [0.1, 0.15) is 0 Å². The maximum Gasteiger partial charge on any atom is 0.256 e. The zero-order valence-electron chi connectivity index (χ0n) is 8.50. The predicted octanol–water partition coefficient (Wildman–Crippen LogP) is 2.22. The van der Waals surface area contributed by atoms with Gasteiger partial charge in [-0.15, -0.1) is 0 Å². The van der Waals surface area contributed by atoms with Crippen LogP contribution in [0.3, 0.4) is 0 Å². The van der Waals surface area contributed by atoms with Crippen molar-refractivity contribution < 1.29 is 9.47 Å². The Kier molecular flexibility index (Phi) is 3.12. The Morgan fingerprint density at radius 3 is 2.38 bits per heavy atom. The molecule has 3 nitrogen and oxygen atoms in total. The summed E-state index contributed by atoms with van der Waals surface area (Å²) in [6.07, 6.45) is 1.81. The molecule has 1 aromatic rings. The lowest BCUT2D eigenvalue weighted by atomic mass is 10.1. The molecule has 1 aromatic heterocycles. The summed E-state index contributed by atoms with van der Waals surface area (Å²) in [5.74, 6) is 1.67. The van der Waals surface area contributed by atoms with Crippen LogP contribution in [0.15, 0.2) is 12.3 Å². The maximum absolute atomic E-state index is 5.14. The molecule has 0 aliphatic heterocycles. The molecular weight excluding hydrogens is 166 g/mol. The van der Waals surface area contributed by atoms with E-state index in [0.29, 0.717) is 17.5 Å². The minimum Gasteiger partial charge on any atom is -0.491 e. The van der Waals surface area contributed by atoms with Gasteiger partial charge in [-0.05, 0) is 17.5 Å². The smallest absolute Gasteiger partial charge is 0.256 e. The van der Waals surface area contributed by atoms with Crippen molar-refractivity contribution in [3.63, 3.8) is 0 Å². The second-order valence-corrected chi connectivity index (χ2v) is 3.13. The summed E-state index contributed by atoms with van der Waals surface area (Å²) in [5, 5.41) is 0. The topological polar surface area (TPSA) is 31.4 Å². The number of methoxy groups -OCH3 is 2. The average molecular weight is 181 g/mol. The van der Waals surface area contributed by atoms with Crippen molar-refractivity contribution in [1.29, 1.82) is 0 Å². The van der Waals surface area contributed by atoms with Crippen LogP contribution in [0, 0.1) is 0 Å². The van der Waals surface area contributed by atoms with Gasteiger partial charge in [0.2, 0.25) is 0 Å². The van der Waals surface area contributed by atoms with E-state index in [1.807, 2.05) is 12.3 Å². The molecular formula is C10H15NO2. The third-order valence-electron chi connectivity index (χ3n) is 1.92. The van der Waals surface area contributed by atoms with Crippen LogP contribution in [0.25, 0.3) is 0 Å². The number of hydrogen-bond acceptors (Lipinski definition) is 3. The molecule has 0 fully saturated rings. The molecule has 0 spiro atoms. The first-order valence-electron chi connectivity index (χ1n) is 4.27. The number of pyridine rings is 1. The molecule has 72 valence electrons. The van der Waals surface area contributed by atoms with Gasteiger partial charge in [-0.25, -0.2) is 4.98 Å². The molecule has 0 radical (unpaired) electrons. The highest BCUT2D eigenvalue weighted by Gasteiger charge is 2.07. The van der Waals surface area contributed by atoms with Crippen molar-refractivity contribution in [2.24, 2.45) is 0 Å². The number of hydrogen-bond donors (Lipinski definition) is 0. The van der Waals surface area contributed by atoms with Gasteiger partial charge in [0, 0.05) is 6.20 Å². The van der Waals surface area contributed by atoms with Gasteiger partial charge >= 0.3 is 0 Å². The van der Waals surface area contributed by atoms with Crippen LogP contribution < -0.4 is 9.47 Å². The summed E-state index contributed by atoms with van der Waals surface area (Å²) < 4.78 is 10.2. The van der Waals surface area contributed by atoms with Crippen LogP contribution in [0.2, 0.25) is 0 Å². The summed E-state index contributed by atoms with van der Waals surface area (Å²) in [6.45, 7) is 4.23. The fourth-order valence-corrected chi connectivity index (χ4v) is 1.06. The van der Waals surface area contributed by atoms with E-state index >= 15 is 0 Å². The van der Waals surface area contributed by atoms with Gasteiger partial charge in [0.05, 0.1) is 14.2 Å². The fraction of sp³-hybridized carbons (Fsp3) is 0.500. The Morgan fingerprint density at radius 1 is 1.23 bits per heavy atom. The molecule has 0 N–H and O–H groups in total. The van der Waals surface area contributed by atoms with E-state index in [1.165, 1.54) is 0 Å². The third kappa shape index (κ3) is 2.11. The Bertz CT molecular complexity index is 284. The van der Waals surface area contributed by atoms with Crippen molar-refractivity contribution in [2.75, 3.05) is 14.2 Å². The zero-order valence-corrected chi connectivity index (χ0v) is 8.50. The number of ether oxygens (including phenoxy) is 2. The van der Waals surface area contributed by atoms with Crippen LogP contribution in [-0.4, -0.2) is 19.2 Å². The Hall–Kier alpha value is -1.25. The molecule has 0 amide bonds. The monoisotopic (exact) mass is 181 g/mol. The molecule has 0 aromatic carbocycles. The number of nitrogens with zero attached hydrogens (tertiary/aromatic N) is 1. The lowest BCUT2D eigenvalue weighted by Crippen LogP contribution is -1.96. The molecule has 0 unspecified atom stereocenters. The second-order valence-electron chi connectivity index (χ2n) is 3.13. The molecule has 0 saturated heterocycles. The van der Waals surface area contributed by atoms with Crippen molar-refractivity contribution >= 4 is 0 Å². The Balaban J connectivity index is 3.05. The third-order valence-corrected chi connectivity index (χ3v) is 1.92. The highest BCUT2D eigenvalue weighted by Crippen LogP contribution is 2.27. The molecule has 0 aliphatic carbocycles. The summed E-state index contributed by atoms with van der Waals surface area (Å²) in [5.41, 5.74) is 1.15. The SMILES string of the molecule is COc1cc(C(C)C)cnc1OC. The number of rotatable bonds is 3. The van der Waals surface area contributed by atoms with E-state index in [2.05, 4.69) is 18.8 Å². The lowest BCUT2D eigenvalue weighted by molar-refractivity contribution is 0.342. The van der Waals surface area contributed by atoms with E-state index in [4.69, 9.17) is 9.47 Å². The van der Waals surface area contributed by atoms with E-state index in [9.17, 15) is 0 Å². The van der Waals surface area contributed by atoms with Gasteiger partial charge in [0.15, 0.2) is 5.75 Å². The van der Waals surface area contributed by atoms with Crippen LogP contribution in [0.1, 0.15) is 25.3 Å². The molecule has 0 atom stereocenters. The molecule has 13 heavy (non-hydrogen) atoms. The fourth-order valence-electron chi connectivity index (χ4n) is 1.06. The van der Waals surface area contributed by atoms with Crippen LogP contribution in [-0.2, 0) is 0 Å². The first kappa shape index (κ1) is 9.84. The van der Waals surface area contributed by atoms with Crippen LogP contribution in [0.4, 0.5) is 0 Å².